The maximum absolute atomic E-state index is 14.2. The van der Waals surface area contributed by atoms with Crippen LogP contribution < -0.4 is 0 Å². The Bertz CT molecular complexity index is 1320. The van der Waals surface area contributed by atoms with Crippen LogP contribution in [-0.4, -0.2) is 91.2 Å². The molecule has 11 heteroatoms. The van der Waals surface area contributed by atoms with Crippen LogP contribution in [0.4, 0.5) is 0 Å². The van der Waals surface area contributed by atoms with Crippen molar-refractivity contribution in [3.8, 4) is 0 Å². The van der Waals surface area contributed by atoms with E-state index in [1.54, 1.807) is 15.7 Å². The van der Waals surface area contributed by atoms with Gasteiger partial charge in [-0.3, -0.25) is 14.4 Å². The molecule has 1 spiro atoms. The number of benzene rings is 1. The minimum atomic E-state index is -1.38. The lowest BCUT2D eigenvalue weighted by molar-refractivity contribution is -0.162. The molecule has 1 aromatic heterocycles. The van der Waals surface area contributed by atoms with Crippen LogP contribution in [0.3, 0.4) is 0 Å². The lowest BCUT2D eigenvalue weighted by Crippen LogP contribution is -2.56. The van der Waals surface area contributed by atoms with Gasteiger partial charge < -0.3 is 24.4 Å². The Morgan fingerprint density at radius 3 is 2.76 bits per heavy atom. The molecule has 2 amide bonds. The topological polar surface area (TPSA) is 127 Å². The van der Waals surface area contributed by atoms with Crippen molar-refractivity contribution in [1.29, 1.82) is 0 Å². The molecular weight excluding hydrogens is 478 g/mol. The van der Waals surface area contributed by atoms with Crippen molar-refractivity contribution < 1.29 is 29.0 Å². The van der Waals surface area contributed by atoms with Gasteiger partial charge in [0.1, 0.15) is 35.3 Å². The molecule has 0 bridgehead atoms. The number of rotatable bonds is 5. The third-order valence-corrected chi connectivity index (χ3v) is 8.05. The van der Waals surface area contributed by atoms with Crippen LogP contribution in [-0.2, 0) is 30.5 Å². The molecule has 2 aromatic rings. The van der Waals surface area contributed by atoms with E-state index >= 15 is 0 Å². The summed E-state index contributed by atoms with van der Waals surface area (Å²) in [4.78, 5) is 44.4. The number of likely N-dealkylation sites (tertiary alicyclic amines) is 1. The maximum Gasteiger partial charge on any atom is 0.313 e. The van der Waals surface area contributed by atoms with Gasteiger partial charge in [0.25, 0.3) is 5.91 Å². The quantitative estimate of drug-likeness (QED) is 0.462. The van der Waals surface area contributed by atoms with Gasteiger partial charge in [0.15, 0.2) is 0 Å². The van der Waals surface area contributed by atoms with Gasteiger partial charge in [-0.05, 0) is 25.0 Å². The lowest BCUT2D eigenvalue weighted by atomic mass is 9.73. The highest BCUT2D eigenvalue weighted by molar-refractivity contribution is 5.99. The van der Waals surface area contributed by atoms with Crippen molar-refractivity contribution in [3.05, 3.63) is 48.6 Å². The van der Waals surface area contributed by atoms with Crippen molar-refractivity contribution in [3.63, 3.8) is 0 Å². The van der Waals surface area contributed by atoms with Gasteiger partial charge in [0.2, 0.25) is 5.91 Å². The largest absolute Gasteiger partial charge is 0.465 e. The van der Waals surface area contributed by atoms with Gasteiger partial charge in [-0.1, -0.05) is 48.6 Å². The Labute approximate surface area is 213 Å². The van der Waals surface area contributed by atoms with E-state index in [-0.39, 0.29) is 38.9 Å². The van der Waals surface area contributed by atoms with Crippen LogP contribution in [0.25, 0.3) is 11.0 Å². The van der Waals surface area contributed by atoms with Crippen LogP contribution in [0.15, 0.2) is 48.6 Å². The summed E-state index contributed by atoms with van der Waals surface area (Å²) in [5.41, 5.74) is -0.972. The summed E-state index contributed by atoms with van der Waals surface area (Å²) in [6, 6.07) is 6.41. The van der Waals surface area contributed by atoms with Crippen molar-refractivity contribution in [1.82, 2.24) is 24.8 Å². The number of ether oxygens (including phenoxy) is 2. The maximum atomic E-state index is 14.2. The minimum Gasteiger partial charge on any atom is -0.465 e. The number of aliphatic hydroxyl groups excluding tert-OH is 1. The molecular formula is C26H29N5O6. The van der Waals surface area contributed by atoms with E-state index in [0.29, 0.717) is 18.4 Å². The number of amides is 2. The SMILES string of the molecule is CC[C@@]12C=CCCOC(=O)[C@@H]1[C@H]1C(=O)N(CCO)C3C(=O)N(Cn4nnc5ccccc54)CC=C[C@@]31O2. The lowest BCUT2D eigenvalue weighted by Gasteiger charge is -2.38. The molecule has 4 aliphatic rings. The first kappa shape index (κ1) is 23.8. The number of esters is 1. The van der Waals surface area contributed by atoms with Crippen LogP contribution >= 0.6 is 0 Å². The fourth-order valence-corrected chi connectivity index (χ4v) is 6.43. The molecule has 5 heterocycles. The van der Waals surface area contributed by atoms with Crippen molar-refractivity contribution in [2.24, 2.45) is 11.8 Å². The Morgan fingerprint density at radius 1 is 1.11 bits per heavy atom. The zero-order chi connectivity index (χ0) is 25.8. The highest BCUT2D eigenvalue weighted by Crippen LogP contribution is 2.58. The van der Waals surface area contributed by atoms with E-state index in [4.69, 9.17) is 9.47 Å². The van der Waals surface area contributed by atoms with Gasteiger partial charge in [0.05, 0.1) is 24.6 Å². The van der Waals surface area contributed by atoms with Gasteiger partial charge in [-0.2, -0.15) is 0 Å². The first-order chi connectivity index (χ1) is 18.0. The summed E-state index contributed by atoms with van der Waals surface area (Å²) >= 11 is 0. The number of β-amino-alcohol motifs (C(OH)–C–C–N with tert-alkyl or cyclic N) is 1. The molecule has 11 nitrogen and oxygen atoms in total. The predicted molar refractivity (Wildman–Crippen MR) is 130 cm³/mol. The highest BCUT2D eigenvalue weighted by atomic mass is 16.6. The van der Waals surface area contributed by atoms with Crippen molar-refractivity contribution in [2.45, 2.75) is 43.7 Å². The number of carbonyl (C=O) groups is 3. The van der Waals surface area contributed by atoms with Crippen molar-refractivity contribution >= 4 is 28.8 Å². The monoisotopic (exact) mass is 507 g/mol. The molecule has 2 saturated heterocycles. The zero-order valence-electron chi connectivity index (χ0n) is 20.5. The van der Waals surface area contributed by atoms with Crippen LogP contribution in [0.1, 0.15) is 19.8 Å². The summed E-state index contributed by atoms with van der Waals surface area (Å²) in [5, 5.41) is 18.2. The van der Waals surface area contributed by atoms with E-state index in [2.05, 4.69) is 10.3 Å². The Morgan fingerprint density at radius 2 is 1.95 bits per heavy atom. The van der Waals surface area contributed by atoms with Gasteiger partial charge >= 0.3 is 5.97 Å². The zero-order valence-corrected chi connectivity index (χ0v) is 20.5. The third kappa shape index (κ3) is 3.37. The van der Waals surface area contributed by atoms with E-state index in [9.17, 15) is 19.5 Å². The summed E-state index contributed by atoms with van der Waals surface area (Å²) < 4.78 is 13.9. The number of aliphatic hydroxyl groups is 1. The molecule has 1 aromatic carbocycles. The molecule has 4 aliphatic heterocycles. The van der Waals surface area contributed by atoms with Gasteiger partial charge in [-0.15, -0.1) is 5.10 Å². The molecule has 0 saturated carbocycles. The number of aromatic nitrogens is 3. The third-order valence-electron chi connectivity index (χ3n) is 8.05. The fraction of sp³-hybridized carbons (Fsp3) is 0.500. The van der Waals surface area contributed by atoms with E-state index in [1.807, 2.05) is 49.4 Å². The Balaban J connectivity index is 1.44. The average molecular weight is 508 g/mol. The molecule has 5 atom stereocenters. The van der Waals surface area contributed by atoms with Gasteiger partial charge in [-0.25, -0.2) is 4.68 Å². The first-order valence-corrected chi connectivity index (χ1v) is 12.7. The second-order valence-electron chi connectivity index (χ2n) is 9.92. The molecule has 194 valence electrons. The van der Waals surface area contributed by atoms with E-state index in [1.165, 1.54) is 4.90 Å². The second-order valence-corrected chi connectivity index (χ2v) is 9.92. The molecule has 6 rings (SSSR count). The predicted octanol–water partition coefficient (Wildman–Crippen LogP) is 0.644. The van der Waals surface area contributed by atoms with Gasteiger partial charge in [0, 0.05) is 13.1 Å². The number of hydrogen-bond acceptors (Lipinski definition) is 8. The second kappa shape index (κ2) is 8.77. The van der Waals surface area contributed by atoms with E-state index < -0.39 is 41.0 Å². The molecule has 37 heavy (non-hydrogen) atoms. The number of fused-ring (bicyclic) bond motifs is 3. The van der Waals surface area contributed by atoms with Crippen LogP contribution in [0.2, 0.25) is 0 Å². The number of cyclic esters (lactones) is 1. The van der Waals surface area contributed by atoms with Crippen LogP contribution in [0, 0.1) is 11.8 Å². The normalized spacial score (nSPS) is 33.1. The number of nitrogens with zero attached hydrogens (tertiary/aromatic N) is 5. The number of hydrogen-bond donors (Lipinski definition) is 1. The fourth-order valence-electron chi connectivity index (χ4n) is 6.43. The average Bonchev–Trinajstić information content (AvgIpc) is 3.46. The number of carbonyl (C=O) groups excluding carboxylic acids is 3. The Hall–Kier alpha value is -3.57. The smallest absolute Gasteiger partial charge is 0.313 e. The molecule has 1 unspecified atom stereocenters. The van der Waals surface area contributed by atoms with Crippen LogP contribution in [0.5, 0.6) is 0 Å². The summed E-state index contributed by atoms with van der Waals surface area (Å²) in [7, 11) is 0. The first-order valence-electron chi connectivity index (χ1n) is 12.7. The summed E-state index contributed by atoms with van der Waals surface area (Å²) in [6.45, 7) is 2.11. The number of para-hydroxylation sites is 1. The Kier molecular flexibility index (Phi) is 5.64. The molecule has 2 fully saturated rings. The molecule has 1 N–H and O–H groups in total. The summed E-state index contributed by atoms with van der Waals surface area (Å²) in [5.74, 6) is -3.09. The standard InChI is InChI=1S/C26H29N5O6/c1-2-25-10-5-6-15-36-24(35)20(25)19-22(33)30(13-14-32)21-23(34)29(12-7-11-26(19,21)37-25)16-31-18-9-4-3-8-17(18)27-28-31/h3-5,7-11,19-21,32H,2,6,12-16H2,1H3/t19-,20-,21?,25+,26-/m0/s1. The minimum absolute atomic E-state index is 0.0540. The van der Waals surface area contributed by atoms with E-state index in [0.717, 1.165) is 5.52 Å². The molecule has 0 radical (unpaired) electrons. The van der Waals surface area contributed by atoms with Crippen molar-refractivity contribution in [2.75, 3.05) is 26.3 Å². The summed E-state index contributed by atoms with van der Waals surface area (Å²) in [6.07, 6.45) is 8.35. The highest BCUT2D eigenvalue weighted by Gasteiger charge is 2.75. The molecule has 0 aliphatic carbocycles.